The van der Waals surface area contributed by atoms with Crippen LogP contribution in [0.3, 0.4) is 0 Å². The van der Waals surface area contributed by atoms with Gasteiger partial charge in [0.05, 0.1) is 0 Å². The summed E-state index contributed by atoms with van der Waals surface area (Å²) in [5.74, 6) is 1.43. The maximum Gasteiger partial charge on any atom is 0.165 e. The third kappa shape index (κ3) is 4.60. The zero-order valence-corrected chi connectivity index (χ0v) is 13.0. The Bertz CT molecular complexity index is 599. The highest BCUT2D eigenvalue weighted by atomic mass is 19.1. The van der Waals surface area contributed by atoms with Gasteiger partial charge in [0.1, 0.15) is 18.1 Å². The Morgan fingerprint density at radius 3 is 2.62 bits per heavy atom. The quantitative estimate of drug-likeness (QED) is 0.896. The van der Waals surface area contributed by atoms with Gasteiger partial charge in [0.25, 0.3) is 0 Å². The number of ether oxygens (including phenoxy) is 1. The number of aryl methyl sites for hydroxylation is 1. The third-order valence-corrected chi connectivity index (χ3v) is 3.09. The highest BCUT2D eigenvalue weighted by Crippen LogP contribution is 2.20. The molecule has 0 saturated carbocycles. The van der Waals surface area contributed by atoms with Gasteiger partial charge in [-0.15, -0.1) is 0 Å². The van der Waals surface area contributed by atoms with Gasteiger partial charge in [0.2, 0.25) is 0 Å². The molecule has 0 fully saturated rings. The summed E-state index contributed by atoms with van der Waals surface area (Å²) in [4.78, 5) is 0. The minimum Gasteiger partial charge on any atom is -0.483 e. The van der Waals surface area contributed by atoms with Crippen molar-refractivity contribution in [3.05, 3.63) is 53.2 Å². The van der Waals surface area contributed by atoms with Crippen LogP contribution in [0.1, 0.15) is 37.9 Å². The van der Waals surface area contributed by atoms with Crippen molar-refractivity contribution in [2.45, 2.75) is 46.4 Å². The van der Waals surface area contributed by atoms with Gasteiger partial charge in [-0.25, -0.2) is 4.39 Å². The van der Waals surface area contributed by atoms with Crippen LogP contribution in [0.2, 0.25) is 0 Å². The first-order valence-electron chi connectivity index (χ1n) is 7.06. The standard InChI is InChI=1S/C17H22FNO2/c1-12-13(10-19-17(2,3)4)9-14(21-12)11-20-16-8-6-5-7-15(16)18/h5-9,19H,10-11H2,1-4H3. The predicted octanol–water partition coefficient (Wildman–Crippen LogP) is 4.19. The molecule has 21 heavy (non-hydrogen) atoms. The summed E-state index contributed by atoms with van der Waals surface area (Å²) in [7, 11) is 0. The maximum absolute atomic E-state index is 13.5. The lowest BCUT2D eigenvalue weighted by Gasteiger charge is -2.20. The fourth-order valence-electron chi connectivity index (χ4n) is 1.91. The van der Waals surface area contributed by atoms with Crippen LogP contribution in [0, 0.1) is 12.7 Å². The van der Waals surface area contributed by atoms with E-state index in [9.17, 15) is 4.39 Å². The largest absolute Gasteiger partial charge is 0.483 e. The number of rotatable bonds is 5. The second-order valence-electron chi connectivity index (χ2n) is 6.12. The second-order valence-corrected chi connectivity index (χ2v) is 6.12. The van der Waals surface area contributed by atoms with E-state index in [2.05, 4.69) is 26.1 Å². The van der Waals surface area contributed by atoms with Crippen molar-refractivity contribution in [1.29, 1.82) is 0 Å². The molecule has 3 nitrogen and oxygen atoms in total. The zero-order valence-electron chi connectivity index (χ0n) is 13.0. The van der Waals surface area contributed by atoms with Crippen LogP contribution in [0.15, 0.2) is 34.7 Å². The van der Waals surface area contributed by atoms with Gasteiger partial charge in [0, 0.05) is 17.6 Å². The first-order chi connectivity index (χ1) is 9.85. The Balaban J connectivity index is 1.97. The molecule has 114 valence electrons. The first kappa shape index (κ1) is 15.6. The minimum absolute atomic E-state index is 0.0491. The molecule has 1 heterocycles. The van der Waals surface area contributed by atoms with Crippen LogP contribution in [-0.4, -0.2) is 5.54 Å². The fraction of sp³-hybridized carbons (Fsp3) is 0.412. The Labute approximate surface area is 125 Å². The van der Waals surface area contributed by atoms with E-state index in [-0.39, 0.29) is 23.7 Å². The molecule has 0 saturated heterocycles. The summed E-state index contributed by atoms with van der Waals surface area (Å²) in [6.07, 6.45) is 0. The van der Waals surface area contributed by atoms with Gasteiger partial charge in [-0.05, 0) is 45.9 Å². The first-order valence-corrected chi connectivity index (χ1v) is 7.06. The Hall–Kier alpha value is -1.81. The van der Waals surface area contributed by atoms with E-state index in [4.69, 9.17) is 9.15 Å². The van der Waals surface area contributed by atoms with Crippen molar-refractivity contribution in [2.24, 2.45) is 0 Å². The van der Waals surface area contributed by atoms with Gasteiger partial charge in [-0.1, -0.05) is 12.1 Å². The van der Waals surface area contributed by atoms with Crippen molar-refractivity contribution in [1.82, 2.24) is 5.32 Å². The molecule has 0 spiro atoms. The molecule has 2 aromatic rings. The van der Waals surface area contributed by atoms with E-state index < -0.39 is 0 Å². The number of benzene rings is 1. The predicted molar refractivity (Wildman–Crippen MR) is 80.8 cm³/mol. The molecule has 0 radical (unpaired) electrons. The van der Waals surface area contributed by atoms with Crippen molar-refractivity contribution in [3.63, 3.8) is 0 Å². The summed E-state index contributed by atoms with van der Waals surface area (Å²) < 4.78 is 24.6. The average molecular weight is 291 g/mol. The van der Waals surface area contributed by atoms with E-state index in [0.29, 0.717) is 5.76 Å². The van der Waals surface area contributed by atoms with Crippen LogP contribution in [-0.2, 0) is 13.2 Å². The summed E-state index contributed by atoms with van der Waals surface area (Å²) in [6, 6.07) is 8.31. The Kier molecular flexibility index (Phi) is 4.68. The molecule has 0 aliphatic carbocycles. The molecule has 1 N–H and O–H groups in total. The van der Waals surface area contributed by atoms with E-state index in [1.165, 1.54) is 6.07 Å². The van der Waals surface area contributed by atoms with Crippen molar-refractivity contribution < 1.29 is 13.5 Å². The summed E-state index contributed by atoms with van der Waals surface area (Å²) in [5, 5.41) is 3.41. The molecule has 1 aromatic heterocycles. The van der Waals surface area contributed by atoms with E-state index in [1.807, 2.05) is 13.0 Å². The number of hydrogen-bond donors (Lipinski definition) is 1. The van der Waals surface area contributed by atoms with Crippen LogP contribution < -0.4 is 10.1 Å². The van der Waals surface area contributed by atoms with E-state index >= 15 is 0 Å². The number of para-hydroxylation sites is 1. The lowest BCUT2D eigenvalue weighted by molar-refractivity contribution is 0.256. The molecule has 0 aliphatic rings. The van der Waals surface area contributed by atoms with Crippen molar-refractivity contribution in [2.75, 3.05) is 0 Å². The highest BCUT2D eigenvalue weighted by molar-refractivity contribution is 5.25. The van der Waals surface area contributed by atoms with E-state index in [0.717, 1.165) is 17.9 Å². The summed E-state index contributed by atoms with van der Waals surface area (Å²) >= 11 is 0. The Morgan fingerprint density at radius 1 is 1.24 bits per heavy atom. The zero-order chi connectivity index (χ0) is 15.5. The lowest BCUT2D eigenvalue weighted by atomic mass is 10.1. The maximum atomic E-state index is 13.5. The number of furan rings is 1. The monoisotopic (exact) mass is 291 g/mol. The van der Waals surface area contributed by atoms with Gasteiger partial charge >= 0.3 is 0 Å². The highest BCUT2D eigenvalue weighted by Gasteiger charge is 2.13. The van der Waals surface area contributed by atoms with E-state index in [1.54, 1.807) is 18.2 Å². The van der Waals surface area contributed by atoms with Crippen LogP contribution in [0.4, 0.5) is 4.39 Å². The Morgan fingerprint density at radius 2 is 1.95 bits per heavy atom. The molecule has 2 rings (SSSR count). The summed E-state index contributed by atoms with van der Waals surface area (Å²) in [6.45, 7) is 9.22. The van der Waals surface area contributed by atoms with Gasteiger partial charge in [-0.2, -0.15) is 0 Å². The minimum atomic E-state index is -0.365. The number of nitrogens with one attached hydrogen (secondary N) is 1. The van der Waals surface area contributed by atoms with Crippen LogP contribution in [0.25, 0.3) is 0 Å². The molecule has 1 aromatic carbocycles. The molecule has 0 amide bonds. The normalized spacial score (nSPS) is 11.7. The second kappa shape index (κ2) is 6.31. The molecular weight excluding hydrogens is 269 g/mol. The van der Waals surface area contributed by atoms with Crippen LogP contribution >= 0.6 is 0 Å². The molecule has 0 atom stereocenters. The average Bonchev–Trinajstić information content (AvgIpc) is 2.75. The van der Waals surface area contributed by atoms with Crippen molar-refractivity contribution >= 4 is 0 Å². The number of hydrogen-bond acceptors (Lipinski definition) is 3. The fourth-order valence-corrected chi connectivity index (χ4v) is 1.91. The smallest absolute Gasteiger partial charge is 0.165 e. The van der Waals surface area contributed by atoms with Crippen molar-refractivity contribution in [3.8, 4) is 5.75 Å². The summed E-state index contributed by atoms with van der Waals surface area (Å²) in [5.41, 5.74) is 1.14. The molecule has 0 unspecified atom stereocenters. The van der Waals surface area contributed by atoms with Gasteiger partial charge in [0.15, 0.2) is 11.6 Å². The van der Waals surface area contributed by atoms with Crippen LogP contribution in [0.5, 0.6) is 5.75 Å². The topological polar surface area (TPSA) is 34.4 Å². The number of halogens is 1. The molecular formula is C17H22FNO2. The third-order valence-electron chi connectivity index (χ3n) is 3.09. The molecule has 0 bridgehead atoms. The van der Waals surface area contributed by atoms with Gasteiger partial charge < -0.3 is 14.5 Å². The molecule has 0 aliphatic heterocycles. The molecule has 4 heteroatoms. The lowest BCUT2D eigenvalue weighted by Crippen LogP contribution is -2.35. The van der Waals surface area contributed by atoms with Gasteiger partial charge in [-0.3, -0.25) is 0 Å². The SMILES string of the molecule is Cc1oc(COc2ccccc2F)cc1CNC(C)(C)C.